The van der Waals surface area contributed by atoms with Gasteiger partial charge in [0.05, 0.1) is 0 Å². The summed E-state index contributed by atoms with van der Waals surface area (Å²) in [6.07, 6.45) is 3.39. The third-order valence-electron chi connectivity index (χ3n) is 1.07. The molecule has 0 spiro atoms. The third-order valence-corrected chi connectivity index (χ3v) is 2.86. The van der Waals surface area contributed by atoms with Gasteiger partial charge in [0.2, 0.25) is 0 Å². The third kappa shape index (κ3) is 5.16. The number of halogens is 2. The lowest BCUT2D eigenvalue weighted by Gasteiger charge is -1.99. The van der Waals surface area contributed by atoms with Gasteiger partial charge in [-0.3, -0.25) is 0 Å². The first-order valence-electron chi connectivity index (χ1n) is 3.08. The Labute approximate surface area is 74.0 Å². The second kappa shape index (κ2) is 5.48. The van der Waals surface area contributed by atoms with Crippen molar-refractivity contribution in [1.82, 2.24) is 0 Å². The summed E-state index contributed by atoms with van der Waals surface area (Å²) >= 11 is 6.90. The minimum Gasteiger partial charge on any atom is -0.0880 e. The highest BCUT2D eigenvalue weighted by atomic mass is 79.9. The van der Waals surface area contributed by atoms with Crippen molar-refractivity contribution in [1.29, 1.82) is 0 Å². The van der Waals surface area contributed by atoms with E-state index in [-0.39, 0.29) is 0 Å². The van der Waals surface area contributed by atoms with Crippen LogP contribution in [0.3, 0.4) is 0 Å². The maximum absolute atomic E-state index is 3.52. The van der Waals surface area contributed by atoms with Crippen LogP contribution in [0.25, 0.3) is 0 Å². The number of allylic oxidation sites excluding steroid dienone is 2. The van der Waals surface area contributed by atoms with Crippen LogP contribution in [0, 0.1) is 0 Å². The van der Waals surface area contributed by atoms with E-state index in [0.29, 0.717) is 4.83 Å². The van der Waals surface area contributed by atoms with Gasteiger partial charge in [0.25, 0.3) is 0 Å². The highest BCUT2D eigenvalue weighted by molar-refractivity contribution is 9.09. The molecule has 0 aliphatic rings. The van der Waals surface area contributed by atoms with E-state index in [9.17, 15) is 0 Å². The molecule has 0 aliphatic carbocycles. The molecule has 0 fully saturated rings. The Bertz CT molecular complexity index is 97.1. The van der Waals surface area contributed by atoms with E-state index in [2.05, 4.69) is 51.8 Å². The highest BCUT2D eigenvalue weighted by Gasteiger charge is 1.94. The number of hydrogen-bond donors (Lipinski definition) is 0. The lowest BCUT2D eigenvalue weighted by Crippen LogP contribution is -1.90. The van der Waals surface area contributed by atoms with Gasteiger partial charge in [-0.1, -0.05) is 50.4 Å². The van der Waals surface area contributed by atoms with Gasteiger partial charge in [-0.05, 0) is 13.3 Å². The molecule has 2 heteroatoms. The Kier molecular flexibility index (Phi) is 5.91. The number of hydrogen-bond acceptors (Lipinski definition) is 0. The van der Waals surface area contributed by atoms with Crippen molar-refractivity contribution in [3.63, 3.8) is 0 Å². The zero-order valence-corrected chi connectivity index (χ0v) is 9.00. The molecule has 0 aromatic heterocycles. The Morgan fingerprint density at radius 1 is 1.67 bits per heavy atom. The first-order chi connectivity index (χ1) is 4.20. The molecule has 0 aliphatic heterocycles. The summed E-state index contributed by atoms with van der Waals surface area (Å²) in [5, 5.41) is 0.981. The van der Waals surface area contributed by atoms with Crippen LogP contribution >= 0.6 is 31.9 Å². The lowest BCUT2D eigenvalue weighted by atomic mass is 10.2. The monoisotopic (exact) mass is 254 g/mol. The van der Waals surface area contributed by atoms with Crippen molar-refractivity contribution in [2.75, 3.05) is 5.33 Å². The molecule has 0 saturated heterocycles. The average Bonchev–Trinajstić information content (AvgIpc) is 1.87. The average molecular weight is 256 g/mol. The van der Waals surface area contributed by atoms with Gasteiger partial charge in [0, 0.05) is 10.2 Å². The Morgan fingerprint density at radius 2 is 2.22 bits per heavy atom. The molecular formula is C7H12Br2. The van der Waals surface area contributed by atoms with Gasteiger partial charge in [-0.25, -0.2) is 0 Å². The van der Waals surface area contributed by atoms with E-state index in [1.807, 2.05) is 0 Å². The van der Waals surface area contributed by atoms with Crippen LogP contribution in [-0.2, 0) is 0 Å². The molecule has 0 rings (SSSR count). The summed E-state index contributed by atoms with van der Waals surface area (Å²) in [6.45, 7) is 4.29. The van der Waals surface area contributed by atoms with Crippen LogP contribution in [0.4, 0.5) is 0 Å². The lowest BCUT2D eigenvalue weighted by molar-refractivity contribution is 0.982. The summed E-state index contributed by atoms with van der Waals surface area (Å²) in [6, 6.07) is 0. The number of alkyl halides is 2. The Balaban J connectivity index is 3.64. The van der Waals surface area contributed by atoms with Crippen molar-refractivity contribution in [3.8, 4) is 0 Å². The normalized spacial score (nSPS) is 15.8. The van der Waals surface area contributed by atoms with Crippen molar-refractivity contribution in [3.05, 3.63) is 11.6 Å². The highest BCUT2D eigenvalue weighted by Crippen LogP contribution is 2.09. The smallest absolute Gasteiger partial charge is 0.0325 e. The van der Waals surface area contributed by atoms with Gasteiger partial charge >= 0.3 is 0 Å². The van der Waals surface area contributed by atoms with Crippen molar-refractivity contribution in [2.45, 2.75) is 25.1 Å². The molecule has 0 radical (unpaired) electrons. The first kappa shape index (κ1) is 9.70. The molecule has 1 atom stereocenters. The van der Waals surface area contributed by atoms with Gasteiger partial charge < -0.3 is 0 Å². The first-order valence-corrected chi connectivity index (χ1v) is 5.11. The van der Waals surface area contributed by atoms with E-state index in [0.717, 1.165) is 11.8 Å². The predicted octanol–water partition coefficient (Wildman–Crippen LogP) is 3.50. The summed E-state index contributed by atoms with van der Waals surface area (Å²) in [5.41, 5.74) is 1.39. The van der Waals surface area contributed by atoms with Crippen molar-refractivity contribution in [2.24, 2.45) is 0 Å². The molecule has 0 nitrogen and oxygen atoms in total. The molecule has 0 N–H and O–H groups in total. The van der Waals surface area contributed by atoms with Crippen molar-refractivity contribution >= 4 is 31.9 Å². The summed E-state index contributed by atoms with van der Waals surface area (Å²) in [4.78, 5) is 0.551. The SMILES string of the molecule is CCC(Br)C=C(C)CBr. The Morgan fingerprint density at radius 3 is 2.56 bits per heavy atom. The molecular weight excluding hydrogens is 244 g/mol. The zero-order chi connectivity index (χ0) is 7.28. The van der Waals surface area contributed by atoms with Crippen molar-refractivity contribution < 1.29 is 0 Å². The van der Waals surface area contributed by atoms with Gasteiger partial charge in [-0.2, -0.15) is 0 Å². The van der Waals surface area contributed by atoms with Gasteiger partial charge in [-0.15, -0.1) is 0 Å². The second-order valence-electron chi connectivity index (χ2n) is 2.07. The fraction of sp³-hybridized carbons (Fsp3) is 0.714. The molecule has 54 valence electrons. The van der Waals surface area contributed by atoms with E-state index < -0.39 is 0 Å². The maximum Gasteiger partial charge on any atom is 0.0325 e. The van der Waals surface area contributed by atoms with E-state index in [4.69, 9.17) is 0 Å². The fourth-order valence-electron chi connectivity index (χ4n) is 0.471. The van der Waals surface area contributed by atoms with Crippen LogP contribution in [-0.4, -0.2) is 10.2 Å². The summed E-state index contributed by atoms with van der Waals surface area (Å²) < 4.78 is 0. The minimum atomic E-state index is 0.551. The molecule has 0 heterocycles. The fourth-order valence-corrected chi connectivity index (χ4v) is 1.11. The molecule has 0 aromatic carbocycles. The molecule has 0 bridgehead atoms. The molecule has 9 heavy (non-hydrogen) atoms. The van der Waals surface area contributed by atoms with E-state index in [1.54, 1.807) is 0 Å². The molecule has 1 unspecified atom stereocenters. The van der Waals surface area contributed by atoms with Crippen LogP contribution in [0.1, 0.15) is 20.3 Å². The van der Waals surface area contributed by atoms with Crippen LogP contribution in [0.5, 0.6) is 0 Å². The minimum absolute atomic E-state index is 0.551. The van der Waals surface area contributed by atoms with E-state index in [1.165, 1.54) is 5.57 Å². The Hall–Kier alpha value is 0.700. The summed E-state index contributed by atoms with van der Waals surface area (Å²) in [5.74, 6) is 0. The topological polar surface area (TPSA) is 0 Å². The second-order valence-corrected chi connectivity index (χ2v) is 3.81. The maximum atomic E-state index is 3.52. The molecule has 0 amide bonds. The van der Waals surface area contributed by atoms with Gasteiger partial charge in [0.15, 0.2) is 0 Å². The summed E-state index contributed by atoms with van der Waals surface area (Å²) in [7, 11) is 0. The standard InChI is InChI=1S/C7H12Br2/c1-3-7(9)4-6(2)5-8/h4,7H,3,5H2,1-2H3. The van der Waals surface area contributed by atoms with Crippen LogP contribution < -0.4 is 0 Å². The quantitative estimate of drug-likeness (QED) is 0.535. The van der Waals surface area contributed by atoms with Gasteiger partial charge in [0.1, 0.15) is 0 Å². The largest absolute Gasteiger partial charge is 0.0880 e. The number of rotatable bonds is 3. The molecule has 0 aromatic rings. The zero-order valence-electron chi connectivity index (χ0n) is 5.82. The van der Waals surface area contributed by atoms with Crippen LogP contribution in [0.2, 0.25) is 0 Å². The van der Waals surface area contributed by atoms with Crippen LogP contribution in [0.15, 0.2) is 11.6 Å². The predicted molar refractivity (Wildman–Crippen MR) is 50.6 cm³/mol. The van der Waals surface area contributed by atoms with E-state index >= 15 is 0 Å². The molecule has 0 saturated carbocycles.